The summed E-state index contributed by atoms with van der Waals surface area (Å²) in [6.07, 6.45) is -1.27. The van der Waals surface area contributed by atoms with E-state index in [2.05, 4.69) is 25.7 Å². The Morgan fingerprint density at radius 2 is 2.58 bits per heavy atom. The average Bonchev–Trinajstić information content (AvgIpc) is 2.49. The van der Waals surface area contributed by atoms with Crippen molar-refractivity contribution in [3.63, 3.8) is 0 Å². The van der Waals surface area contributed by atoms with E-state index in [0.717, 1.165) is 0 Å². The van der Waals surface area contributed by atoms with Crippen LogP contribution >= 0.6 is 27.3 Å². The number of esters is 1. The number of aromatic nitrogens is 1. The summed E-state index contributed by atoms with van der Waals surface area (Å²) in [5.74, 6) is -0.697. The third-order valence-electron chi connectivity index (χ3n) is 1.15. The summed E-state index contributed by atoms with van der Waals surface area (Å²) in [7, 11) is 1.22. The van der Waals surface area contributed by atoms with Crippen molar-refractivity contribution in [3.8, 4) is 0 Å². The van der Waals surface area contributed by atoms with Crippen LogP contribution in [0, 0.1) is 0 Å². The largest absolute Gasteiger partial charge is 0.467 e. The van der Waals surface area contributed by atoms with Gasteiger partial charge >= 0.3 is 5.97 Å². The minimum atomic E-state index is -1.27. The highest BCUT2D eigenvalue weighted by molar-refractivity contribution is 9.10. The fraction of sp³-hybridized carbons (Fsp3) is 0.333. The smallest absolute Gasteiger partial charge is 0.341 e. The second-order valence-electron chi connectivity index (χ2n) is 1.93. The summed E-state index contributed by atoms with van der Waals surface area (Å²) in [4.78, 5) is 14.7. The predicted molar refractivity (Wildman–Crippen MR) is 46.8 cm³/mol. The maximum Gasteiger partial charge on any atom is 0.341 e. The summed E-state index contributed by atoms with van der Waals surface area (Å²) < 4.78 is 4.94. The van der Waals surface area contributed by atoms with Crippen molar-refractivity contribution in [2.24, 2.45) is 0 Å². The molecular weight excluding hydrogens is 246 g/mol. The van der Waals surface area contributed by atoms with Gasteiger partial charge in [-0.1, -0.05) is 0 Å². The topological polar surface area (TPSA) is 59.4 Å². The average molecular weight is 252 g/mol. The number of ether oxygens (including phenoxy) is 1. The molecule has 0 aliphatic heterocycles. The van der Waals surface area contributed by atoms with Crippen LogP contribution < -0.4 is 0 Å². The zero-order valence-electron chi connectivity index (χ0n) is 6.15. The molecule has 1 aromatic heterocycles. The first-order valence-corrected chi connectivity index (χ1v) is 4.69. The molecule has 6 heteroatoms. The van der Waals surface area contributed by atoms with Gasteiger partial charge in [0.1, 0.15) is 9.61 Å². The molecule has 0 radical (unpaired) electrons. The van der Waals surface area contributed by atoms with Gasteiger partial charge in [-0.2, -0.15) is 0 Å². The van der Waals surface area contributed by atoms with Gasteiger partial charge in [0.05, 0.1) is 7.11 Å². The van der Waals surface area contributed by atoms with Crippen LogP contribution in [0.4, 0.5) is 0 Å². The molecule has 0 bridgehead atoms. The highest BCUT2D eigenvalue weighted by Crippen LogP contribution is 2.21. The van der Waals surface area contributed by atoms with Crippen molar-refractivity contribution in [3.05, 3.63) is 15.0 Å². The first-order chi connectivity index (χ1) is 5.65. The first kappa shape index (κ1) is 9.63. The molecule has 0 saturated carbocycles. The predicted octanol–water partition coefficient (Wildman–Crippen LogP) is 1.11. The van der Waals surface area contributed by atoms with Crippen LogP contribution in [0.25, 0.3) is 0 Å². The molecule has 4 nitrogen and oxygen atoms in total. The Bertz CT molecular complexity index is 288. The van der Waals surface area contributed by atoms with E-state index in [1.807, 2.05) is 0 Å². The summed E-state index contributed by atoms with van der Waals surface area (Å²) in [6, 6.07) is 0. The van der Waals surface area contributed by atoms with Gasteiger partial charge in [0, 0.05) is 5.38 Å². The Hall–Kier alpha value is -0.460. The van der Waals surface area contributed by atoms with Crippen LogP contribution in [0.5, 0.6) is 0 Å². The fourth-order valence-electron chi connectivity index (χ4n) is 0.605. The van der Waals surface area contributed by atoms with Crippen molar-refractivity contribution in [2.75, 3.05) is 7.11 Å². The van der Waals surface area contributed by atoms with E-state index in [4.69, 9.17) is 0 Å². The van der Waals surface area contributed by atoms with Crippen molar-refractivity contribution in [1.82, 2.24) is 4.98 Å². The second-order valence-corrected chi connectivity index (χ2v) is 3.64. The number of thiazole rings is 1. The van der Waals surface area contributed by atoms with Gasteiger partial charge in [-0.3, -0.25) is 0 Å². The number of hydrogen-bond acceptors (Lipinski definition) is 5. The number of rotatable bonds is 2. The molecule has 12 heavy (non-hydrogen) atoms. The lowest BCUT2D eigenvalue weighted by Crippen LogP contribution is -2.12. The summed E-state index contributed by atoms with van der Waals surface area (Å²) in [6.45, 7) is 0. The number of nitrogens with zero attached hydrogens (tertiary/aromatic N) is 1. The minimum absolute atomic E-state index is 0.328. The molecule has 0 spiro atoms. The van der Waals surface area contributed by atoms with E-state index < -0.39 is 12.1 Å². The Kier molecular flexibility index (Phi) is 3.19. The van der Waals surface area contributed by atoms with Crippen LogP contribution in [-0.4, -0.2) is 23.2 Å². The summed E-state index contributed by atoms with van der Waals surface area (Å²) in [5, 5.41) is 11.3. The Labute approximate surface area is 81.3 Å². The van der Waals surface area contributed by atoms with E-state index >= 15 is 0 Å². The number of aliphatic hydroxyl groups is 1. The highest BCUT2D eigenvalue weighted by Gasteiger charge is 2.20. The molecular formula is C6H6BrNO3S. The standard InChI is InChI=1S/C6H6BrNO3S/c1-11-6(10)4(9)5-8-3(7)2-12-5/h2,4,9H,1H3. The SMILES string of the molecule is COC(=O)C(O)c1nc(Br)cs1. The molecule has 0 saturated heterocycles. The molecule has 1 N–H and O–H groups in total. The van der Waals surface area contributed by atoms with Gasteiger partial charge in [-0.25, -0.2) is 9.78 Å². The van der Waals surface area contributed by atoms with E-state index in [1.165, 1.54) is 18.4 Å². The Morgan fingerprint density at radius 3 is 3.00 bits per heavy atom. The number of carbonyl (C=O) groups excluding carboxylic acids is 1. The zero-order valence-corrected chi connectivity index (χ0v) is 8.55. The molecule has 0 aliphatic carbocycles. The molecule has 1 aromatic rings. The van der Waals surface area contributed by atoms with Crippen molar-refractivity contribution < 1.29 is 14.6 Å². The zero-order chi connectivity index (χ0) is 9.14. The lowest BCUT2D eigenvalue weighted by atomic mass is 10.4. The second kappa shape index (κ2) is 3.97. The molecule has 0 amide bonds. The number of methoxy groups -OCH3 is 1. The van der Waals surface area contributed by atoms with Crippen molar-refractivity contribution in [1.29, 1.82) is 0 Å². The van der Waals surface area contributed by atoms with Crippen molar-refractivity contribution in [2.45, 2.75) is 6.10 Å². The van der Waals surface area contributed by atoms with Gasteiger partial charge in [0.15, 0.2) is 0 Å². The Balaban J connectivity index is 2.77. The van der Waals surface area contributed by atoms with E-state index in [1.54, 1.807) is 5.38 Å². The number of halogens is 1. The molecule has 66 valence electrons. The lowest BCUT2D eigenvalue weighted by molar-refractivity contribution is -0.150. The molecule has 1 unspecified atom stereocenters. The van der Waals surface area contributed by atoms with E-state index in [-0.39, 0.29) is 0 Å². The van der Waals surface area contributed by atoms with Crippen LogP contribution in [0.15, 0.2) is 9.98 Å². The number of aliphatic hydroxyl groups excluding tert-OH is 1. The molecule has 1 rings (SSSR count). The third kappa shape index (κ3) is 2.02. The van der Waals surface area contributed by atoms with Gasteiger partial charge in [-0.15, -0.1) is 11.3 Å². The lowest BCUT2D eigenvalue weighted by Gasteiger charge is -2.02. The third-order valence-corrected chi connectivity index (χ3v) is 2.76. The molecule has 0 aliphatic rings. The normalized spacial score (nSPS) is 12.6. The van der Waals surface area contributed by atoms with Gasteiger partial charge < -0.3 is 9.84 Å². The molecule has 0 aromatic carbocycles. The van der Waals surface area contributed by atoms with Crippen LogP contribution in [-0.2, 0) is 9.53 Å². The Morgan fingerprint density at radius 1 is 1.92 bits per heavy atom. The monoisotopic (exact) mass is 251 g/mol. The summed E-state index contributed by atoms with van der Waals surface area (Å²) >= 11 is 4.30. The van der Waals surface area contributed by atoms with Crippen LogP contribution in [0.2, 0.25) is 0 Å². The quantitative estimate of drug-likeness (QED) is 0.801. The maximum absolute atomic E-state index is 10.8. The molecule has 1 heterocycles. The maximum atomic E-state index is 10.8. The fourth-order valence-corrected chi connectivity index (χ4v) is 1.84. The van der Waals surface area contributed by atoms with Crippen LogP contribution in [0.3, 0.4) is 0 Å². The number of hydrogen-bond donors (Lipinski definition) is 1. The first-order valence-electron chi connectivity index (χ1n) is 3.02. The van der Waals surface area contributed by atoms with E-state index in [9.17, 15) is 9.90 Å². The summed E-state index contributed by atoms with van der Waals surface area (Å²) in [5.41, 5.74) is 0. The van der Waals surface area contributed by atoms with Gasteiger partial charge in [-0.05, 0) is 15.9 Å². The number of carbonyl (C=O) groups is 1. The highest BCUT2D eigenvalue weighted by atomic mass is 79.9. The molecule has 0 fully saturated rings. The van der Waals surface area contributed by atoms with Crippen LogP contribution in [0.1, 0.15) is 11.1 Å². The van der Waals surface area contributed by atoms with E-state index in [0.29, 0.717) is 9.61 Å². The van der Waals surface area contributed by atoms with Gasteiger partial charge in [0.25, 0.3) is 0 Å². The molecule has 1 atom stereocenters. The van der Waals surface area contributed by atoms with Gasteiger partial charge in [0.2, 0.25) is 6.10 Å². The minimum Gasteiger partial charge on any atom is -0.467 e. The van der Waals surface area contributed by atoms with Crippen molar-refractivity contribution >= 4 is 33.2 Å².